The van der Waals surface area contributed by atoms with E-state index in [-0.39, 0.29) is 5.92 Å². The first-order chi connectivity index (χ1) is 6.38. The van der Waals surface area contributed by atoms with Gasteiger partial charge < -0.3 is 15.1 Å². The van der Waals surface area contributed by atoms with E-state index >= 15 is 0 Å². The Labute approximate surface area is 84.5 Å². The topological polar surface area (TPSA) is 60.8 Å². The summed E-state index contributed by atoms with van der Waals surface area (Å²) < 4.78 is 0. The van der Waals surface area contributed by atoms with Gasteiger partial charge in [-0.2, -0.15) is 0 Å². The molecule has 0 radical (unpaired) electrons. The first kappa shape index (κ1) is 11.5. The molecule has 82 valence electrons. The maximum absolute atomic E-state index is 10.7. The molecular formula is C10H19NO3. The summed E-state index contributed by atoms with van der Waals surface area (Å²) in [5.41, 5.74) is -0.684. The Bertz CT molecular complexity index is 202. The molecular weight excluding hydrogens is 182 g/mol. The lowest BCUT2D eigenvalue weighted by Crippen LogP contribution is -2.43. The molecule has 1 heterocycles. The second-order valence-corrected chi connectivity index (χ2v) is 4.70. The van der Waals surface area contributed by atoms with Crippen molar-refractivity contribution in [2.45, 2.75) is 32.3 Å². The van der Waals surface area contributed by atoms with E-state index in [0.29, 0.717) is 19.4 Å². The third-order valence-corrected chi connectivity index (χ3v) is 2.55. The summed E-state index contributed by atoms with van der Waals surface area (Å²) in [5, 5.41) is 18.4. The molecule has 0 aliphatic carbocycles. The van der Waals surface area contributed by atoms with E-state index in [2.05, 4.69) is 4.90 Å². The fourth-order valence-electron chi connectivity index (χ4n) is 1.89. The molecule has 0 aromatic carbocycles. The minimum Gasteiger partial charge on any atom is -0.481 e. The van der Waals surface area contributed by atoms with E-state index < -0.39 is 11.6 Å². The number of aliphatic carboxylic acids is 1. The molecule has 0 aromatic rings. The molecule has 0 aromatic heterocycles. The van der Waals surface area contributed by atoms with Crippen molar-refractivity contribution >= 4 is 5.97 Å². The van der Waals surface area contributed by atoms with E-state index in [0.717, 1.165) is 13.1 Å². The number of carboxylic acid groups (broad SMARTS) is 1. The van der Waals surface area contributed by atoms with Gasteiger partial charge >= 0.3 is 5.97 Å². The predicted molar refractivity (Wildman–Crippen MR) is 53.1 cm³/mol. The smallest absolute Gasteiger partial charge is 0.306 e. The van der Waals surface area contributed by atoms with Crippen LogP contribution < -0.4 is 0 Å². The first-order valence-corrected chi connectivity index (χ1v) is 5.06. The van der Waals surface area contributed by atoms with Crippen LogP contribution in [0, 0.1) is 5.92 Å². The molecule has 0 amide bonds. The molecule has 1 aliphatic rings. The standard InChI is InChI=1S/C10H19NO3/c1-10(2,14)7-11-5-3-8(4-6-11)9(12)13/h8,14H,3-7H2,1-2H3,(H,12,13). The van der Waals surface area contributed by atoms with Crippen LogP contribution in [0.15, 0.2) is 0 Å². The van der Waals surface area contributed by atoms with Gasteiger partial charge in [-0.3, -0.25) is 4.79 Å². The maximum atomic E-state index is 10.7. The molecule has 0 spiro atoms. The third kappa shape index (κ3) is 3.64. The summed E-state index contributed by atoms with van der Waals surface area (Å²) in [6, 6.07) is 0. The van der Waals surface area contributed by atoms with Crippen LogP contribution in [0.4, 0.5) is 0 Å². The minimum absolute atomic E-state index is 0.187. The fourth-order valence-corrected chi connectivity index (χ4v) is 1.89. The lowest BCUT2D eigenvalue weighted by Gasteiger charge is -2.33. The normalized spacial score (nSPS) is 21.1. The Morgan fingerprint density at radius 3 is 2.29 bits per heavy atom. The van der Waals surface area contributed by atoms with Gasteiger partial charge in [0.15, 0.2) is 0 Å². The summed E-state index contributed by atoms with van der Waals surface area (Å²) in [7, 11) is 0. The van der Waals surface area contributed by atoms with Gasteiger partial charge in [0.2, 0.25) is 0 Å². The summed E-state index contributed by atoms with van der Waals surface area (Å²) >= 11 is 0. The molecule has 4 heteroatoms. The average molecular weight is 201 g/mol. The highest BCUT2D eigenvalue weighted by Crippen LogP contribution is 2.18. The Morgan fingerprint density at radius 1 is 1.43 bits per heavy atom. The Hall–Kier alpha value is -0.610. The molecule has 1 fully saturated rings. The number of nitrogens with zero attached hydrogens (tertiary/aromatic N) is 1. The quantitative estimate of drug-likeness (QED) is 0.700. The van der Waals surface area contributed by atoms with Crippen molar-refractivity contribution in [2.24, 2.45) is 5.92 Å². The number of likely N-dealkylation sites (tertiary alicyclic amines) is 1. The van der Waals surface area contributed by atoms with Crippen LogP contribution in [0.25, 0.3) is 0 Å². The molecule has 1 rings (SSSR count). The average Bonchev–Trinajstić information content (AvgIpc) is 2.02. The van der Waals surface area contributed by atoms with E-state index in [4.69, 9.17) is 5.11 Å². The van der Waals surface area contributed by atoms with Crippen LogP contribution in [0.1, 0.15) is 26.7 Å². The zero-order chi connectivity index (χ0) is 10.8. The van der Waals surface area contributed by atoms with E-state index in [1.165, 1.54) is 0 Å². The predicted octanol–water partition coefficient (Wildman–Crippen LogP) is 0.554. The Balaban J connectivity index is 2.33. The van der Waals surface area contributed by atoms with Crippen molar-refractivity contribution in [1.29, 1.82) is 0 Å². The van der Waals surface area contributed by atoms with Gasteiger partial charge in [0.05, 0.1) is 11.5 Å². The van der Waals surface area contributed by atoms with Crippen LogP contribution in [0.5, 0.6) is 0 Å². The van der Waals surface area contributed by atoms with Crippen LogP contribution in [0.3, 0.4) is 0 Å². The van der Waals surface area contributed by atoms with Gasteiger partial charge in [0, 0.05) is 6.54 Å². The monoisotopic (exact) mass is 201 g/mol. The molecule has 2 N–H and O–H groups in total. The van der Waals surface area contributed by atoms with Crippen molar-refractivity contribution < 1.29 is 15.0 Å². The van der Waals surface area contributed by atoms with Crippen LogP contribution >= 0.6 is 0 Å². The molecule has 0 unspecified atom stereocenters. The van der Waals surface area contributed by atoms with Gasteiger partial charge in [0.25, 0.3) is 0 Å². The highest BCUT2D eigenvalue weighted by Gasteiger charge is 2.27. The van der Waals surface area contributed by atoms with Gasteiger partial charge in [0.1, 0.15) is 0 Å². The number of carbonyl (C=O) groups is 1. The summed E-state index contributed by atoms with van der Waals surface area (Å²) in [4.78, 5) is 12.8. The molecule has 0 bridgehead atoms. The minimum atomic E-state index is -0.687. The molecule has 0 atom stereocenters. The van der Waals surface area contributed by atoms with Crippen molar-refractivity contribution in [3.05, 3.63) is 0 Å². The number of β-amino-alcohol motifs (C(OH)–C–C–N with tert-alkyl or cyclic N) is 1. The largest absolute Gasteiger partial charge is 0.481 e. The summed E-state index contributed by atoms with van der Waals surface area (Å²) in [6.07, 6.45) is 1.40. The van der Waals surface area contributed by atoms with Crippen LogP contribution in [-0.2, 0) is 4.79 Å². The van der Waals surface area contributed by atoms with Crippen molar-refractivity contribution in [3.63, 3.8) is 0 Å². The number of piperidine rings is 1. The number of aliphatic hydroxyl groups is 1. The molecule has 1 aliphatic heterocycles. The van der Waals surface area contributed by atoms with E-state index in [1.807, 2.05) is 0 Å². The lowest BCUT2D eigenvalue weighted by molar-refractivity contribution is -0.143. The number of hydrogen-bond acceptors (Lipinski definition) is 3. The molecule has 4 nitrogen and oxygen atoms in total. The second-order valence-electron chi connectivity index (χ2n) is 4.70. The molecule has 14 heavy (non-hydrogen) atoms. The van der Waals surface area contributed by atoms with Gasteiger partial charge in [-0.15, -0.1) is 0 Å². The second kappa shape index (κ2) is 4.28. The fraction of sp³-hybridized carbons (Fsp3) is 0.900. The van der Waals surface area contributed by atoms with E-state index in [1.54, 1.807) is 13.8 Å². The van der Waals surface area contributed by atoms with Gasteiger partial charge in [-0.1, -0.05) is 0 Å². The zero-order valence-corrected chi connectivity index (χ0v) is 8.86. The van der Waals surface area contributed by atoms with Crippen LogP contribution in [-0.4, -0.2) is 46.3 Å². The number of rotatable bonds is 3. The van der Waals surface area contributed by atoms with Gasteiger partial charge in [-0.25, -0.2) is 0 Å². The van der Waals surface area contributed by atoms with Crippen molar-refractivity contribution in [2.75, 3.05) is 19.6 Å². The highest BCUT2D eigenvalue weighted by atomic mass is 16.4. The highest BCUT2D eigenvalue weighted by molar-refractivity contribution is 5.70. The van der Waals surface area contributed by atoms with Gasteiger partial charge in [-0.05, 0) is 39.8 Å². The van der Waals surface area contributed by atoms with E-state index in [9.17, 15) is 9.90 Å². The molecule has 0 saturated carbocycles. The Morgan fingerprint density at radius 2 is 1.93 bits per heavy atom. The third-order valence-electron chi connectivity index (χ3n) is 2.55. The summed E-state index contributed by atoms with van der Waals surface area (Å²) in [6.45, 7) is 5.73. The zero-order valence-electron chi connectivity index (χ0n) is 8.86. The Kier molecular flexibility index (Phi) is 3.50. The van der Waals surface area contributed by atoms with Crippen molar-refractivity contribution in [1.82, 2.24) is 4.90 Å². The van der Waals surface area contributed by atoms with Crippen LogP contribution in [0.2, 0.25) is 0 Å². The maximum Gasteiger partial charge on any atom is 0.306 e. The SMILES string of the molecule is CC(C)(O)CN1CCC(C(=O)O)CC1. The molecule has 1 saturated heterocycles. The summed E-state index contributed by atoms with van der Waals surface area (Å²) in [5.74, 6) is -0.874. The first-order valence-electron chi connectivity index (χ1n) is 5.06. The number of carboxylic acids is 1. The number of hydrogen-bond donors (Lipinski definition) is 2. The lowest BCUT2D eigenvalue weighted by atomic mass is 9.96. The van der Waals surface area contributed by atoms with Crippen molar-refractivity contribution in [3.8, 4) is 0 Å².